The third-order valence-electron chi connectivity index (χ3n) is 6.10. The Labute approximate surface area is 213 Å². The van der Waals surface area contributed by atoms with Gasteiger partial charge in [-0.3, -0.25) is 9.78 Å². The smallest absolute Gasteiger partial charge is 0.255 e. The predicted molar refractivity (Wildman–Crippen MR) is 139 cm³/mol. The Bertz CT molecular complexity index is 1480. The second-order valence-electron chi connectivity index (χ2n) is 8.28. The molecule has 0 aliphatic carbocycles. The zero-order valence-corrected chi connectivity index (χ0v) is 20.9. The first-order chi connectivity index (χ1) is 18.0. The Balaban J connectivity index is 1.63. The summed E-state index contributed by atoms with van der Waals surface area (Å²) < 4.78 is 18.1. The Morgan fingerprint density at radius 3 is 2.49 bits per heavy atom. The number of hydrogen-bond acceptors (Lipinski definition) is 8. The minimum atomic E-state index is -0.608. The molecule has 1 aliphatic heterocycles. The highest BCUT2D eigenvalue weighted by Crippen LogP contribution is 2.40. The van der Waals surface area contributed by atoms with Gasteiger partial charge in [-0.1, -0.05) is 18.2 Å². The summed E-state index contributed by atoms with van der Waals surface area (Å²) in [5.74, 6) is 2.36. The number of methoxy groups -OCH3 is 3. The summed E-state index contributed by atoms with van der Waals surface area (Å²) in [6.45, 7) is 1.84. The number of pyridine rings is 1. The zero-order valence-electron chi connectivity index (χ0n) is 20.9. The average molecular weight is 499 g/mol. The second kappa shape index (κ2) is 10.0. The highest BCUT2D eigenvalue weighted by molar-refractivity contribution is 6.06. The van der Waals surface area contributed by atoms with Gasteiger partial charge in [0.2, 0.25) is 5.95 Å². The first kappa shape index (κ1) is 23.9. The van der Waals surface area contributed by atoms with Crippen molar-refractivity contribution in [2.45, 2.75) is 13.0 Å². The molecule has 1 amide bonds. The van der Waals surface area contributed by atoms with Crippen molar-refractivity contribution in [1.82, 2.24) is 19.7 Å². The van der Waals surface area contributed by atoms with Crippen LogP contribution in [-0.4, -0.2) is 47.0 Å². The van der Waals surface area contributed by atoms with Crippen LogP contribution in [0.1, 0.15) is 18.5 Å². The SMILES string of the molecule is COc1ccccc1NC(=O)C1=C(C)Nc2nc(-c3cccnc3)nn2[C@H]1c1ccc(OC)c(OC)c1. The van der Waals surface area contributed by atoms with E-state index in [9.17, 15) is 4.79 Å². The van der Waals surface area contributed by atoms with Gasteiger partial charge in [-0.05, 0) is 48.9 Å². The molecule has 0 radical (unpaired) electrons. The van der Waals surface area contributed by atoms with Gasteiger partial charge in [0.15, 0.2) is 17.3 Å². The van der Waals surface area contributed by atoms with Crippen molar-refractivity contribution in [2.75, 3.05) is 32.0 Å². The molecule has 0 bridgehead atoms. The van der Waals surface area contributed by atoms with Crippen LogP contribution in [0.15, 0.2) is 78.3 Å². The standard InChI is InChI=1S/C27H26N6O4/c1-16-23(26(34)30-19-9-5-6-10-20(19)35-2)24(17-11-12-21(36-3)22(14-17)37-4)33-27(29-16)31-25(32-33)18-8-7-13-28-15-18/h5-15,24H,1-4H3,(H,30,34)(H,29,31,32)/t24-/m0/s1. The summed E-state index contributed by atoms with van der Waals surface area (Å²) in [5, 5.41) is 11.0. The number of aromatic nitrogens is 4. The summed E-state index contributed by atoms with van der Waals surface area (Å²) in [7, 11) is 4.71. The zero-order chi connectivity index (χ0) is 25.9. The van der Waals surface area contributed by atoms with Crippen LogP contribution in [0.25, 0.3) is 11.4 Å². The maximum atomic E-state index is 13.8. The molecule has 1 atom stereocenters. The quantitative estimate of drug-likeness (QED) is 0.388. The van der Waals surface area contributed by atoms with Crippen LogP contribution < -0.4 is 24.8 Å². The molecule has 37 heavy (non-hydrogen) atoms. The average Bonchev–Trinajstić information content (AvgIpc) is 3.36. The van der Waals surface area contributed by atoms with E-state index in [-0.39, 0.29) is 5.91 Å². The van der Waals surface area contributed by atoms with Gasteiger partial charge in [0, 0.05) is 23.7 Å². The van der Waals surface area contributed by atoms with Crippen molar-refractivity contribution < 1.29 is 19.0 Å². The van der Waals surface area contributed by atoms with Crippen LogP contribution >= 0.6 is 0 Å². The van der Waals surface area contributed by atoms with Gasteiger partial charge in [0.1, 0.15) is 11.8 Å². The number of benzene rings is 2. The Morgan fingerprint density at radius 2 is 1.76 bits per heavy atom. The van der Waals surface area contributed by atoms with E-state index in [1.807, 2.05) is 43.3 Å². The van der Waals surface area contributed by atoms with Crippen LogP contribution in [0.5, 0.6) is 17.2 Å². The van der Waals surface area contributed by atoms with E-state index in [0.29, 0.717) is 46.0 Å². The van der Waals surface area contributed by atoms with Crippen LogP contribution in [0.3, 0.4) is 0 Å². The van der Waals surface area contributed by atoms with Gasteiger partial charge in [-0.25, -0.2) is 4.68 Å². The highest BCUT2D eigenvalue weighted by Gasteiger charge is 2.35. The molecule has 10 nitrogen and oxygen atoms in total. The molecule has 0 spiro atoms. The van der Waals surface area contributed by atoms with Crippen LogP contribution in [0.4, 0.5) is 11.6 Å². The molecular weight excluding hydrogens is 472 g/mol. The van der Waals surface area contributed by atoms with E-state index in [2.05, 4.69) is 20.6 Å². The Morgan fingerprint density at radius 1 is 0.973 bits per heavy atom. The molecule has 2 N–H and O–H groups in total. The third-order valence-corrected chi connectivity index (χ3v) is 6.10. The number of ether oxygens (including phenoxy) is 3. The molecule has 1 aliphatic rings. The van der Waals surface area contributed by atoms with Crippen LogP contribution in [0.2, 0.25) is 0 Å². The number of nitrogens with zero attached hydrogens (tertiary/aromatic N) is 4. The number of allylic oxidation sites excluding steroid dienone is 1. The Kier molecular flexibility index (Phi) is 6.46. The lowest BCUT2D eigenvalue weighted by Crippen LogP contribution is -2.31. The molecule has 5 rings (SSSR count). The van der Waals surface area contributed by atoms with E-state index >= 15 is 0 Å². The number of carbonyl (C=O) groups is 1. The topological polar surface area (TPSA) is 112 Å². The molecule has 0 unspecified atom stereocenters. The van der Waals surface area contributed by atoms with E-state index in [1.165, 1.54) is 0 Å². The summed E-state index contributed by atoms with van der Waals surface area (Å²) in [5.41, 5.74) is 3.20. The van der Waals surface area contributed by atoms with Gasteiger partial charge < -0.3 is 24.8 Å². The number of hydrogen-bond donors (Lipinski definition) is 2. The fourth-order valence-corrected chi connectivity index (χ4v) is 4.33. The number of rotatable bonds is 7. The van der Waals surface area contributed by atoms with Crippen molar-refractivity contribution in [3.63, 3.8) is 0 Å². The molecule has 10 heteroatoms. The molecule has 0 saturated heterocycles. The molecule has 2 aromatic heterocycles. The third kappa shape index (κ3) is 4.44. The monoisotopic (exact) mass is 498 g/mol. The molecule has 4 aromatic rings. The number of amides is 1. The van der Waals surface area contributed by atoms with Crippen molar-refractivity contribution >= 4 is 17.5 Å². The summed E-state index contributed by atoms with van der Waals surface area (Å²) in [6, 6.07) is 15.9. The van der Waals surface area contributed by atoms with Crippen molar-refractivity contribution in [2.24, 2.45) is 0 Å². The fraction of sp³-hybridized carbons (Fsp3) is 0.185. The predicted octanol–water partition coefficient (Wildman–Crippen LogP) is 4.29. The molecule has 2 aromatic carbocycles. The number of carbonyl (C=O) groups excluding carboxylic acids is 1. The highest BCUT2D eigenvalue weighted by atomic mass is 16.5. The molecular formula is C27H26N6O4. The van der Waals surface area contributed by atoms with Crippen molar-refractivity contribution in [3.05, 3.63) is 83.8 Å². The lowest BCUT2D eigenvalue weighted by Gasteiger charge is -2.29. The molecule has 0 saturated carbocycles. The first-order valence-corrected chi connectivity index (χ1v) is 11.5. The maximum Gasteiger partial charge on any atom is 0.255 e. The summed E-state index contributed by atoms with van der Waals surface area (Å²) in [4.78, 5) is 22.7. The minimum Gasteiger partial charge on any atom is -0.495 e. The summed E-state index contributed by atoms with van der Waals surface area (Å²) in [6.07, 6.45) is 3.39. The first-order valence-electron chi connectivity index (χ1n) is 11.5. The number of nitrogens with one attached hydrogen (secondary N) is 2. The maximum absolute atomic E-state index is 13.8. The van der Waals surface area contributed by atoms with Gasteiger partial charge in [0.25, 0.3) is 5.91 Å². The van der Waals surface area contributed by atoms with E-state index in [0.717, 1.165) is 11.1 Å². The Hall–Kier alpha value is -4.86. The van der Waals surface area contributed by atoms with Gasteiger partial charge >= 0.3 is 0 Å². The second-order valence-corrected chi connectivity index (χ2v) is 8.28. The van der Waals surface area contributed by atoms with E-state index < -0.39 is 6.04 Å². The lowest BCUT2D eigenvalue weighted by molar-refractivity contribution is -0.113. The minimum absolute atomic E-state index is 0.307. The number of anilines is 2. The van der Waals surface area contributed by atoms with Gasteiger partial charge in [0.05, 0.1) is 32.6 Å². The normalized spacial score (nSPS) is 14.4. The van der Waals surface area contributed by atoms with Crippen molar-refractivity contribution in [3.8, 4) is 28.6 Å². The fourth-order valence-electron chi connectivity index (χ4n) is 4.33. The van der Waals surface area contributed by atoms with Crippen molar-refractivity contribution in [1.29, 1.82) is 0 Å². The molecule has 3 heterocycles. The molecule has 0 fully saturated rings. The van der Waals surface area contributed by atoms with E-state index in [1.54, 1.807) is 56.6 Å². The number of fused-ring (bicyclic) bond motifs is 1. The lowest BCUT2D eigenvalue weighted by atomic mass is 9.94. The molecule has 188 valence electrons. The van der Waals surface area contributed by atoms with Crippen LogP contribution in [0, 0.1) is 0 Å². The number of para-hydroxylation sites is 2. The van der Waals surface area contributed by atoms with E-state index in [4.69, 9.17) is 19.3 Å². The van der Waals surface area contributed by atoms with Gasteiger partial charge in [-0.2, -0.15) is 4.98 Å². The largest absolute Gasteiger partial charge is 0.495 e. The van der Waals surface area contributed by atoms with Crippen LogP contribution in [-0.2, 0) is 4.79 Å². The van der Waals surface area contributed by atoms with Gasteiger partial charge in [-0.15, -0.1) is 5.10 Å². The summed E-state index contributed by atoms with van der Waals surface area (Å²) >= 11 is 0.